The van der Waals surface area contributed by atoms with Gasteiger partial charge in [0.1, 0.15) is 5.76 Å². The van der Waals surface area contributed by atoms with E-state index < -0.39 is 21.9 Å². The quantitative estimate of drug-likeness (QED) is 0.490. The molecule has 3 rings (SSSR count). The van der Waals surface area contributed by atoms with Gasteiger partial charge in [-0.25, -0.2) is 17.9 Å². The van der Waals surface area contributed by atoms with Crippen molar-refractivity contribution in [3.63, 3.8) is 0 Å². The molecule has 0 radical (unpaired) electrons. The Balaban J connectivity index is 1.60. The second-order valence-electron chi connectivity index (χ2n) is 6.60. The Morgan fingerprint density at radius 1 is 0.968 bits per heavy atom. The number of carbonyl (C=O) groups excluding carboxylic acids is 2. The third kappa shape index (κ3) is 6.03. The van der Waals surface area contributed by atoms with E-state index in [0.29, 0.717) is 23.6 Å². The molecular weight excluding hydrogens is 420 g/mol. The lowest BCUT2D eigenvalue weighted by Crippen LogP contribution is -2.23. The molecule has 1 amide bonds. The summed E-state index contributed by atoms with van der Waals surface area (Å²) in [5.41, 5.74) is 1.17. The molecule has 8 nitrogen and oxygen atoms in total. The van der Waals surface area contributed by atoms with Crippen LogP contribution in [0.1, 0.15) is 39.8 Å². The van der Waals surface area contributed by atoms with Gasteiger partial charge in [0.15, 0.2) is 0 Å². The summed E-state index contributed by atoms with van der Waals surface area (Å²) in [6.07, 6.45) is 2.20. The summed E-state index contributed by atoms with van der Waals surface area (Å²) >= 11 is 0. The van der Waals surface area contributed by atoms with Gasteiger partial charge < -0.3 is 14.5 Å². The molecular formula is C22H22N2O6S. The van der Waals surface area contributed by atoms with Crippen LogP contribution in [0, 0.1) is 0 Å². The Labute approximate surface area is 180 Å². The third-order valence-corrected chi connectivity index (χ3v) is 5.68. The first-order valence-electron chi connectivity index (χ1n) is 9.59. The van der Waals surface area contributed by atoms with Crippen LogP contribution in [-0.2, 0) is 21.3 Å². The molecule has 0 aliphatic heterocycles. The van der Waals surface area contributed by atoms with Crippen LogP contribution in [0.25, 0.3) is 0 Å². The summed E-state index contributed by atoms with van der Waals surface area (Å²) in [7, 11) is -3.74. The number of ether oxygens (including phenoxy) is 1. The highest BCUT2D eigenvalue weighted by Gasteiger charge is 2.16. The fourth-order valence-corrected chi connectivity index (χ4v) is 3.61. The number of hydrogen-bond donors (Lipinski definition) is 2. The summed E-state index contributed by atoms with van der Waals surface area (Å²) in [5.74, 6) is -0.338. The zero-order valence-electron chi connectivity index (χ0n) is 16.8. The van der Waals surface area contributed by atoms with Crippen molar-refractivity contribution in [3.05, 3.63) is 83.8 Å². The van der Waals surface area contributed by atoms with Gasteiger partial charge in [0.2, 0.25) is 10.0 Å². The SMILES string of the molecule is CCCOC(=O)c1ccc(NC(=O)c2ccc(S(=O)(=O)NCc3ccco3)cc2)cc1. The number of rotatable bonds is 9. The topological polar surface area (TPSA) is 115 Å². The highest BCUT2D eigenvalue weighted by molar-refractivity contribution is 7.89. The van der Waals surface area contributed by atoms with Crippen LogP contribution in [-0.4, -0.2) is 26.9 Å². The van der Waals surface area contributed by atoms with E-state index in [9.17, 15) is 18.0 Å². The standard InChI is InChI=1S/C22H22N2O6S/c1-2-13-30-22(26)17-5-9-18(10-6-17)24-21(25)16-7-11-20(12-8-16)31(27,28)23-15-19-4-3-14-29-19/h3-12,14,23H,2,13,15H2,1H3,(H,24,25). The van der Waals surface area contributed by atoms with E-state index in [2.05, 4.69) is 10.0 Å². The molecule has 0 aliphatic carbocycles. The molecule has 0 saturated heterocycles. The Hall–Kier alpha value is -3.43. The number of amides is 1. The van der Waals surface area contributed by atoms with Crippen LogP contribution >= 0.6 is 0 Å². The molecule has 9 heteroatoms. The average molecular weight is 442 g/mol. The molecule has 0 unspecified atom stereocenters. The number of benzene rings is 2. The van der Waals surface area contributed by atoms with Crippen molar-refractivity contribution < 1.29 is 27.2 Å². The van der Waals surface area contributed by atoms with Gasteiger partial charge in [-0.3, -0.25) is 4.79 Å². The molecule has 2 aromatic carbocycles. The predicted molar refractivity (Wildman–Crippen MR) is 114 cm³/mol. The maximum atomic E-state index is 12.4. The number of furan rings is 1. The van der Waals surface area contributed by atoms with Gasteiger partial charge >= 0.3 is 5.97 Å². The number of anilines is 1. The second-order valence-corrected chi connectivity index (χ2v) is 8.36. The van der Waals surface area contributed by atoms with Crippen molar-refractivity contribution in [1.29, 1.82) is 0 Å². The minimum Gasteiger partial charge on any atom is -0.468 e. The van der Waals surface area contributed by atoms with Crippen LogP contribution < -0.4 is 10.0 Å². The van der Waals surface area contributed by atoms with Crippen LogP contribution in [0.3, 0.4) is 0 Å². The van der Waals surface area contributed by atoms with E-state index in [1.54, 1.807) is 36.4 Å². The van der Waals surface area contributed by atoms with E-state index in [1.165, 1.54) is 30.5 Å². The Morgan fingerprint density at radius 3 is 2.26 bits per heavy atom. The van der Waals surface area contributed by atoms with Gasteiger partial charge in [0.25, 0.3) is 5.91 Å². The van der Waals surface area contributed by atoms with Gasteiger partial charge in [0, 0.05) is 11.3 Å². The van der Waals surface area contributed by atoms with E-state index in [1.807, 2.05) is 6.92 Å². The first-order valence-corrected chi connectivity index (χ1v) is 11.1. The normalized spacial score (nSPS) is 11.1. The average Bonchev–Trinajstić information content (AvgIpc) is 3.30. The van der Waals surface area contributed by atoms with E-state index in [0.717, 1.165) is 6.42 Å². The molecule has 0 saturated carbocycles. The predicted octanol–water partition coefficient (Wildman–Crippen LogP) is 3.58. The third-order valence-electron chi connectivity index (χ3n) is 4.26. The van der Waals surface area contributed by atoms with Crippen molar-refractivity contribution in [1.82, 2.24) is 4.72 Å². The molecule has 0 spiro atoms. The summed E-state index contributed by atoms with van der Waals surface area (Å²) < 4.78 is 37.3. The van der Waals surface area contributed by atoms with E-state index >= 15 is 0 Å². The highest BCUT2D eigenvalue weighted by atomic mass is 32.2. The smallest absolute Gasteiger partial charge is 0.338 e. The van der Waals surface area contributed by atoms with Crippen molar-refractivity contribution in [2.75, 3.05) is 11.9 Å². The number of esters is 1. The van der Waals surface area contributed by atoms with Crippen molar-refractivity contribution in [2.24, 2.45) is 0 Å². The minimum atomic E-state index is -3.74. The second kappa shape index (κ2) is 10.1. The molecule has 3 aromatic rings. The number of hydrogen-bond acceptors (Lipinski definition) is 6. The molecule has 0 aliphatic rings. The molecule has 1 aromatic heterocycles. The zero-order valence-corrected chi connectivity index (χ0v) is 17.6. The number of carbonyl (C=O) groups is 2. The van der Waals surface area contributed by atoms with E-state index in [-0.39, 0.29) is 17.0 Å². The largest absolute Gasteiger partial charge is 0.468 e. The fraction of sp³-hybridized carbons (Fsp3) is 0.182. The molecule has 162 valence electrons. The number of sulfonamides is 1. The lowest BCUT2D eigenvalue weighted by molar-refractivity contribution is 0.0505. The van der Waals surface area contributed by atoms with Crippen molar-refractivity contribution >= 4 is 27.6 Å². The lowest BCUT2D eigenvalue weighted by Gasteiger charge is -2.08. The Morgan fingerprint density at radius 2 is 1.65 bits per heavy atom. The molecule has 31 heavy (non-hydrogen) atoms. The zero-order chi connectivity index (χ0) is 22.3. The fourth-order valence-electron chi connectivity index (χ4n) is 2.62. The Bertz CT molecular complexity index is 1120. The van der Waals surface area contributed by atoms with Crippen LogP contribution in [0.5, 0.6) is 0 Å². The number of nitrogens with one attached hydrogen (secondary N) is 2. The molecule has 0 fully saturated rings. The summed E-state index contributed by atoms with van der Waals surface area (Å²) in [5, 5.41) is 2.70. The minimum absolute atomic E-state index is 0.0273. The first kappa shape index (κ1) is 22.3. The van der Waals surface area contributed by atoms with Gasteiger partial charge in [-0.05, 0) is 67.1 Å². The van der Waals surface area contributed by atoms with Gasteiger partial charge in [-0.15, -0.1) is 0 Å². The summed E-state index contributed by atoms with van der Waals surface area (Å²) in [6, 6.07) is 15.2. The summed E-state index contributed by atoms with van der Waals surface area (Å²) in [4.78, 5) is 24.3. The molecule has 0 bridgehead atoms. The van der Waals surface area contributed by atoms with Crippen LogP contribution in [0.2, 0.25) is 0 Å². The van der Waals surface area contributed by atoms with E-state index in [4.69, 9.17) is 9.15 Å². The monoisotopic (exact) mass is 442 g/mol. The van der Waals surface area contributed by atoms with Crippen molar-refractivity contribution in [2.45, 2.75) is 24.8 Å². The van der Waals surface area contributed by atoms with Gasteiger partial charge in [0.05, 0.1) is 29.9 Å². The maximum absolute atomic E-state index is 12.4. The highest BCUT2D eigenvalue weighted by Crippen LogP contribution is 2.15. The van der Waals surface area contributed by atoms with Crippen LogP contribution in [0.4, 0.5) is 5.69 Å². The van der Waals surface area contributed by atoms with Gasteiger partial charge in [-0.1, -0.05) is 6.92 Å². The molecule has 1 heterocycles. The Kier molecular flexibility index (Phi) is 7.22. The summed E-state index contributed by atoms with van der Waals surface area (Å²) in [6.45, 7) is 2.28. The van der Waals surface area contributed by atoms with Crippen molar-refractivity contribution in [3.8, 4) is 0 Å². The lowest BCUT2D eigenvalue weighted by atomic mass is 10.2. The van der Waals surface area contributed by atoms with Crippen LogP contribution in [0.15, 0.2) is 76.2 Å². The first-order chi connectivity index (χ1) is 14.9. The molecule has 0 atom stereocenters. The molecule has 2 N–H and O–H groups in total. The maximum Gasteiger partial charge on any atom is 0.338 e. The van der Waals surface area contributed by atoms with Gasteiger partial charge in [-0.2, -0.15) is 0 Å².